The Kier molecular flexibility index (Phi) is 6.44. The number of hydrogen-bond donors (Lipinski definition) is 3. The van der Waals surface area contributed by atoms with Crippen molar-refractivity contribution in [3.8, 4) is 0 Å². The Balaban J connectivity index is 2.90. The number of rotatable bonds is 6. The second kappa shape index (κ2) is 7.84. The highest BCUT2D eigenvalue weighted by Gasteiger charge is 2.18. The highest BCUT2D eigenvalue weighted by atomic mass is 79.9. The largest absolute Gasteiger partial charge is 0.369 e. The van der Waals surface area contributed by atoms with Crippen LogP contribution in [0.3, 0.4) is 0 Å². The zero-order chi connectivity index (χ0) is 15.1. The molecule has 0 spiro atoms. The second-order valence-electron chi connectivity index (χ2n) is 4.29. The first-order chi connectivity index (χ1) is 9.49. The Morgan fingerprint density at radius 3 is 2.75 bits per heavy atom. The van der Waals surface area contributed by atoms with Gasteiger partial charge in [-0.15, -0.1) is 0 Å². The molecule has 1 heterocycles. The van der Waals surface area contributed by atoms with Gasteiger partial charge in [0.25, 0.3) is 5.91 Å². The third kappa shape index (κ3) is 4.48. The van der Waals surface area contributed by atoms with E-state index in [2.05, 4.69) is 36.9 Å². The summed E-state index contributed by atoms with van der Waals surface area (Å²) in [5, 5.41) is 8.22. The van der Waals surface area contributed by atoms with Crippen molar-refractivity contribution in [2.75, 3.05) is 18.9 Å². The van der Waals surface area contributed by atoms with E-state index in [1.165, 1.54) is 7.05 Å². The molecular formula is C13H19BrN4O2. The van der Waals surface area contributed by atoms with E-state index in [0.29, 0.717) is 15.9 Å². The summed E-state index contributed by atoms with van der Waals surface area (Å²) in [7, 11) is 1.53. The van der Waals surface area contributed by atoms with Gasteiger partial charge < -0.3 is 16.0 Å². The van der Waals surface area contributed by atoms with Crippen LogP contribution in [0.15, 0.2) is 16.7 Å². The van der Waals surface area contributed by atoms with Crippen molar-refractivity contribution < 1.29 is 9.59 Å². The number of nitrogens with one attached hydrogen (secondary N) is 3. The summed E-state index contributed by atoms with van der Waals surface area (Å²) in [6, 6.07) is 1.07. The zero-order valence-electron chi connectivity index (χ0n) is 11.8. The molecule has 0 aliphatic heterocycles. The zero-order valence-corrected chi connectivity index (χ0v) is 13.4. The smallest absolute Gasteiger partial charge is 0.255 e. The fraction of sp³-hybridized carbons (Fsp3) is 0.462. The van der Waals surface area contributed by atoms with Crippen LogP contribution in [0.4, 0.5) is 5.82 Å². The molecule has 1 atom stereocenters. The van der Waals surface area contributed by atoms with Gasteiger partial charge in [-0.05, 0) is 35.3 Å². The van der Waals surface area contributed by atoms with Crippen molar-refractivity contribution in [2.45, 2.75) is 26.3 Å². The van der Waals surface area contributed by atoms with Crippen LogP contribution in [0.2, 0.25) is 0 Å². The Bertz CT molecular complexity index is 493. The highest BCUT2D eigenvalue weighted by Crippen LogP contribution is 2.18. The van der Waals surface area contributed by atoms with E-state index < -0.39 is 6.04 Å². The van der Waals surface area contributed by atoms with Gasteiger partial charge in [-0.2, -0.15) is 0 Å². The topological polar surface area (TPSA) is 83.1 Å². The molecule has 110 valence electrons. The first-order valence-corrected chi connectivity index (χ1v) is 7.20. The van der Waals surface area contributed by atoms with Crippen LogP contribution in [-0.2, 0) is 4.79 Å². The SMILES string of the molecule is CCCNc1ncc(Br)cc1C(=O)NC(C)C(=O)NC. The van der Waals surface area contributed by atoms with Gasteiger partial charge in [0.15, 0.2) is 0 Å². The van der Waals surface area contributed by atoms with Crippen molar-refractivity contribution in [1.82, 2.24) is 15.6 Å². The minimum absolute atomic E-state index is 0.246. The maximum atomic E-state index is 12.2. The lowest BCUT2D eigenvalue weighted by Crippen LogP contribution is -2.43. The van der Waals surface area contributed by atoms with Gasteiger partial charge in [-0.25, -0.2) is 4.98 Å². The molecule has 1 unspecified atom stereocenters. The van der Waals surface area contributed by atoms with Crippen LogP contribution in [0.25, 0.3) is 0 Å². The standard InChI is InChI=1S/C13H19BrN4O2/c1-4-5-16-11-10(6-9(14)7-17-11)13(20)18-8(2)12(19)15-3/h6-8H,4-5H2,1-3H3,(H,15,19)(H,16,17)(H,18,20). The van der Waals surface area contributed by atoms with Crippen LogP contribution in [0.1, 0.15) is 30.6 Å². The molecule has 7 heteroatoms. The molecule has 1 aromatic heterocycles. The molecule has 20 heavy (non-hydrogen) atoms. The van der Waals surface area contributed by atoms with Gasteiger partial charge in [-0.1, -0.05) is 6.92 Å². The first-order valence-electron chi connectivity index (χ1n) is 6.41. The number of carbonyl (C=O) groups excluding carboxylic acids is 2. The summed E-state index contributed by atoms with van der Waals surface area (Å²) < 4.78 is 0.706. The van der Waals surface area contributed by atoms with Gasteiger partial charge in [0.05, 0.1) is 5.56 Å². The Morgan fingerprint density at radius 2 is 2.15 bits per heavy atom. The van der Waals surface area contributed by atoms with Crippen molar-refractivity contribution >= 4 is 33.6 Å². The van der Waals surface area contributed by atoms with E-state index in [4.69, 9.17) is 0 Å². The molecule has 6 nitrogen and oxygen atoms in total. The molecule has 1 aromatic rings. The average Bonchev–Trinajstić information content (AvgIpc) is 2.44. The third-order valence-electron chi connectivity index (χ3n) is 2.63. The Labute approximate surface area is 126 Å². The predicted molar refractivity (Wildman–Crippen MR) is 81.7 cm³/mol. The lowest BCUT2D eigenvalue weighted by Gasteiger charge is -2.15. The van der Waals surface area contributed by atoms with Gasteiger partial charge >= 0.3 is 0 Å². The van der Waals surface area contributed by atoms with Crippen LogP contribution in [-0.4, -0.2) is 36.4 Å². The lowest BCUT2D eigenvalue weighted by atomic mass is 10.2. The monoisotopic (exact) mass is 342 g/mol. The summed E-state index contributed by atoms with van der Waals surface area (Å²) >= 11 is 3.29. The number of nitrogens with zero attached hydrogens (tertiary/aromatic N) is 1. The van der Waals surface area contributed by atoms with E-state index in [9.17, 15) is 9.59 Å². The van der Waals surface area contributed by atoms with E-state index in [1.807, 2.05) is 6.92 Å². The van der Waals surface area contributed by atoms with E-state index in [-0.39, 0.29) is 11.8 Å². The molecule has 0 fully saturated rings. The average molecular weight is 343 g/mol. The summed E-state index contributed by atoms with van der Waals surface area (Å²) in [5.74, 6) is -0.0745. The Morgan fingerprint density at radius 1 is 1.45 bits per heavy atom. The van der Waals surface area contributed by atoms with E-state index in [0.717, 1.165) is 13.0 Å². The molecule has 2 amide bonds. The number of halogens is 1. The van der Waals surface area contributed by atoms with Crippen molar-refractivity contribution in [1.29, 1.82) is 0 Å². The fourth-order valence-corrected chi connectivity index (χ4v) is 1.88. The molecule has 0 aromatic carbocycles. The number of amides is 2. The van der Waals surface area contributed by atoms with E-state index in [1.54, 1.807) is 19.2 Å². The van der Waals surface area contributed by atoms with Crippen LogP contribution in [0.5, 0.6) is 0 Å². The molecule has 1 rings (SSSR count). The number of pyridine rings is 1. The highest BCUT2D eigenvalue weighted by molar-refractivity contribution is 9.10. The van der Waals surface area contributed by atoms with Crippen LogP contribution in [0, 0.1) is 0 Å². The van der Waals surface area contributed by atoms with Crippen molar-refractivity contribution in [3.05, 3.63) is 22.3 Å². The predicted octanol–water partition coefficient (Wildman–Crippen LogP) is 1.53. The molecule has 0 radical (unpaired) electrons. The number of aromatic nitrogens is 1. The molecule has 0 aliphatic carbocycles. The molecule has 0 aliphatic rings. The quantitative estimate of drug-likeness (QED) is 0.732. The first kappa shape index (κ1) is 16.4. The number of carbonyl (C=O) groups is 2. The number of likely N-dealkylation sites (N-methyl/N-ethyl adjacent to an activating group) is 1. The molecule has 3 N–H and O–H groups in total. The van der Waals surface area contributed by atoms with Gasteiger partial charge in [0, 0.05) is 24.3 Å². The lowest BCUT2D eigenvalue weighted by molar-refractivity contribution is -0.122. The second-order valence-corrected chi connectivity index (χ2v) is 5.20. The van der Waals surface area contributed by atoms with Crippen LogP contribution < -0.4 is 16.0 Å². The summed E-state index contributed by atoms with van der Waals surface area (Å²) in [4.78, 5) is 27.8. The van der Waals surface area contributed by atoms with Crippen molar-refractivity contribution in [2.24, 2.45) is 0 Å². The minimum Gasteiger partial charge on any atom is -0.369 e. The van der Waals surface area contributed by atoms with Gasteiger partial charge in [-0.3, -0.25) is 9.59 Å². The molecule has 0 saturated heterocycles. The number of anilines is 1. The normalized spacial score (nSPS) is 11.6. The maximum Gasteiger partial charge on any atom is 0.255 e. The number of hydrogen-bond acceptors (Lipinski definition) is 4. The minimum atomic E-state index is -0.606. The fourth-order valence-electron chi connectivity index (χ4n) is 1.55. The third-order valence-corrected chi connectivity index (χ3v) is 3.06. The summed E-state index contributed by atoms with van der Waals surface area (Å²) in [6.45, 7) is 4.38. The van der Waals surface area contributed by atoms with Gasteiger partial charge in [0.2, 0.25) is 5.91 Å². The molecular weight excluding hydrogens is 324 g/mol. The van der Waals surface area contributed by atoms with Crippen LogP contribution >= 0.6 is 15.9 Å². The summed E-state index contributed by atoms with van der Waals surface area (Å²) in [6.07, 6.45) is 2.55. The van der Waals surface area contributed by atoms with E-state index >= 15 is 0 Å². The maximum absolute atomic E-state index is 12.2. The van der Waals surface area contributed by atoms with Crippen molar-refractivity contribution in [3.63, 3.8) is 0 Å². The van der Waals surface area contributed by atoms with Gasteiger partial charge in [0.1, 0.15) is 11.9 Å². The Hall–Kier alpha value is -1.63. The molecule has 0 bridgehead atoms. The molecule has 0 saturated carbocycles. The summed E-state index contributed by atoms with van der Waals surface area (Å²) in [5.41, 5.74) is 0.406.